The van der Waals surface area contributed by atoms with Crippen LogP contribution in [0.25, 0.3) is 0 Å². The zero-order valence-corrected chi connectivity index (χ0v) is 14.6. The van der Waals surface area contributed by atoms with Crippen LogP contribution in [0.15, 0.2) is 35.2 Å². The highest BCUT2D eigenvalue weighted by Crippen LogP contribution is 2.28. The van der Waals surface area contributed by atoms with Crippen LogP contribution in [0.3, 0.4) is 0 Å². The number of hydrogen-bond donors (Lipinski definition) is 2. The van der Waals surface area contributed by atoms with Gasteiger partial charge < -0.3 is 10.6 Å². The van der Waals surface area contributed by atoms with Crippen molar-refractivity contribution in [2.24, 2.45) is 0 Å². The molecule has 2 bridgehead atoms. The third kappa shape index (κ3) is 4.40. The van der Waals surface area contributed by atoms with E-state index in [1.54, 1.807) is 11.8 Å². The van der Waals surface area contributed by atoms with Crippen molar-refractivity contribution >= 4 is 30.1 Å². The summed E-state index contributed by atoms with van der Waals surface area (Å²) in [5.74, 6) is 0.206. The fourth-order valence-electron chi connectivity index (χ4n) is 3.45. The van der Waals surface area contributed by atoms with Gasteiger partial charge in [-0.25, -0.2) is 0 Å². The molecule has 0 aromatic heterocycles. The summed E-state index contributed by atoms with van der Waals surface area (Å²) in [6.45, 7) is 2.09. The number of benzene rings is 1. The highest BCUT2D eigenvalue weighted by atomic mass is 35.5. The van der Waals surface area contributed by atoms with Crippen molar-refractivity contribution < 1.29 is 4.79 Å². The van der Waals surface area contributed by atoms with Gasteiger partial charge in [0.2, 0.25) is 5.91 Å². The lowest BCUT2D eigenvalue weighted by Crippen LogP contribution is -2.49. The van der Waals surface area contributed by atoms with Crippen LogP contribution >= 0.6 is 24.2 Å². The smallest absolute Gasteiger partial charge is 0.233 e. The molecule has 0 saturated carbocycles. The first-order chi connectivity index (χ1) is 10.2. The van der Waals surface area contributed by atoms with E-state index in [4.69, 9.17) is 0 Å². The molecule has 1 aromatic carbocycles. The molecule has 2 heterocycles. The summed E-state index contributed by atoms with van der Waals surface area (Å²) in [4.78, 5) is 13.7. The van der Waals surface area contributed by atoms with Gasteiger partial charge in [0.25, 0.3) is 0 Å². The predicted octanol–water partition coefficient (Wildman–Crippen LogP) is 3.38. The topological polar surface area (TPSA) is 41.1 Å². The van der Waals surface area contributed by atoms with Crippen LogP contribution in [0.5, 0.6) is 0 Å². The summed E-state index contributed by atoms with van der Waals surface area (Å²) in [6.07, 6.45) is 5.59. The van der Waals surface area contributed by atoms with Gasteiger partial charge in [-0.15, -0.1) is 24.2 Å². The van der Waals surface area contributed by atoms with Gasteiger partial charge in [-0.05, 0) is 44.2 Å². The Balaban J connectivity index is 0.00000176. The molecule has 2 saturated heterocycles. The van der Waals surface area contributed by atoms with Crippen LogP contribution in [-0.4, -0.2) is 29.3 Å². The van der Waals surface area contributed by atoms with Crippen LogP contribution in [0, 0.1) is 0 Å². The Bertz CT molecular complexity index is 473. The molecule has 1 aromatic rings. The van der Waals surface area contributed by atoms with E-state index in [1.165, 1.54) is 17.7 Å². The van der Waals surface area contributed by atoms with Crippen LogP contribution < -0.4 is 10.6 Å². The number of rotatable bonds is 5. The first kappa shape index (κ1) is 17.6. The molecule has 1 amide bonds. The number of fused-ring (bicyclic) bond motifs is 2. The van der Waals surface area contributed by atoms with Crippen molar-refractivity contribution in [2.45, 2.75) is 67.3 Å². The number of nitrogens with one attached hydrogen (secondary N) is 2. The molecule has 22 heavy (non-hydrogen) atoms. The molecule has 2 fully saturated rings. The van der Waals surface area contributed by atoms with E-state index in [-0.39, 0.29) is 23.6 Å². The van der Waals surface area contributed by atoms with E-state index in [0.717, 1.165) is 19.3 Å². The minimum atomic E-state index is 0. The van der Waals surface area contributed by atoms with Crippen molar-refractivity contribution in [3.8, 4) is 0 Å². The van der Waals surface area contributed by atoms with Gasteiger partial charge in [0, 0.05) is 23.0 Å². The lowest BCUT2D eigenvalue weighted by Gasteiger charge is -2.30. The molecular formula is C17H25ClN2OS. The maximum atomic E-state index is 12.5. The summed E-state index contributed by atoms with van der Waals surface area (Å²) in [6, 6.07) is 11.8. The molecular weight excluding hydrogens is 316 g/mol. The maximum absolute atomic E-state index is 12.5. The number of hydrogen-bond acceptors (Lipinski definition) is 3. The summed E-state index contributed by atoms with van der Waals surface area (Å²) in [5, 5.41) is 6.93. The van der Waals surface area contributed by atoms with Crippen molar-refractivity contribution in [3.05, 3.63) is 30.3 Å². The third-order valence-corrected chi connectivity index (χ3v) is 5.88. The predicted molar refractivity (Wildman–Crippen MR) is 94.7 cm³/mol. The minimum absolute atomic E-state index is 0. The lowest BCUT2D eigenvalue weighted by atomic mass is 9.99. The van der Waals surface area contributed by atoms with Crippen molar-refractivity contribution in [1.29, 1.82) is 0 Å². The van der Waals surface area contributed by atoms with E-state index in [0.29, 0.717) is 18.1 Å². The molecule has 3 unspecified atom stereocenters. The number of piperidine rings is 1. The van der Waals surface area contributed by atoms with Gasteiger partial charge in [0.15, 0.2) is 0 Å². The summed E-state index contributed by atoms with van der Waals surface area (Å²) >= 11 is 1.67. The molecule has 5 heteroatoms. The number of thioether (sulfide) groups is 1. The van der Waals surface area contributed by atoms with Crippen LogP contribution in [0.1, 0.15) is 39.0 Å². The average Bonchev–Trinajstić information content (AvgIpc) is 2.84. The van der Waals surface area contributed by atoms with E-state index in [2.05, 4.69) is 29.7 Å². The van der Waals surface area contributed by atoms with Gasteiger partial charge in [0.05, 0.1) is 5.25 Å². The molecule has 2 aliphatic heterocycles. The molecule has 0 radical (unpaired) electrons. The summed E-state index contributed by atoms with van der Waals surface area (Å²) in [7, 11) is 0. The second-order valence-electron chi connectivity index (χ2n) is 6.14. The Kier molecular flexibility index (Phi) is 6.60. The van der Waals surface area contributed by atoms with E-state index in [9.17, 15) is 4.79 Å². The summed E-state index contributed by atoms with van der Waals surface area (Å²) < 4.78 is 0. The van der Waals surface area contributed by atoms with Gasteiger partial charge in [-0.2, -0.15) is 0 Å². The second-order valence-corrected chi connectivity index (χ2v) is 7.42. The number of halogens is 1. The first-order valence-corrected chi connectivity index (χ1v) is 8.90. The fraction of sp³-hybridized carbons (Fsp3) is 0.588. The Morgan fingerprint density at radius 2 is 1.91 bits per heavy atom. The Morgan fingerprint density at radius 1 is 1.27 bits per heavy atom. The van der Waals surface area contributed by atoms with E-state index >= 15 is 0 Å². The Morgan fingerprint density at radius 3 is 2.50 bits per heavy atom. The zero-order chi connectivity index (χ0) is 14.7. The number of amides is 1. The largest absolute Gasteiger partial charge is 0.352 e. The van der Waals surface area contributed by atoms with Gasteiger partial charge in [-0.3, -0.25) is 4.79 Å². The van der Waals surface area contributed by atoms with E-state index < -0.39 is 0 Å². The first-order valence-electron chi connectivity index (χ1n) is 8.02. The Hall–Kier alpha value is -0.710. The SMILES string of the molecule is CCC(Sc1ccccc1)C(=O)NC1CC2CCC(C1)N2.Cl. The van der Waals surface area contributed by atoms with Crippen molar-refractivity contribution in [3.63, 3.8) is 0 Å². The summed E-state index contributed by atoms with van der Waals surface area (Å²) in [5.41, 5.74) is 0. The molecule has 3 nitrogen and oxygen atoms in total. The van der Waals surface area contributed by atoms with Crippen LogP contribution in [0.2, 0.25) is 0 Å². The second kappa shape index (κ2) is 8.23. The number of carbonyl (C=O) groups excluding carboxylic acids is 1. The fourth-order valence-corrected chi connectivity index (χ4v) is 4.44. The van der Waals surface area contributed by atoms with Crippen LogP contribution in [0.4, 0.5) is 0 Å². The Labute approximate surface area is 143 Å². The molecule has 2 aliphatic rings. The molecule has 0 aliphatic carbocycles. The maximum Gasteiger partial charge on any atom is 0.233 e. The quantitative estimate of drug-likeness (QED) is 0.807. The molecule has 122 valence electrons. The molecule has 3 rings (SSSR count). The monoisotopic (exact) mass is 340 g/mol. The highest BCUT2D eigenvalue weighted by molar-refractivity contribution is 8.00. The minimum Gasteiger partial charge on any atom is -0.352 e. The lowest BCUT2D eigenvalue weighted by molar-refractivity contribution is -0.121. The zero-order valence-electron chi connectivity index (χ0n) is 13.0. The third-order valence-electron chi connectivity index (χ3n) is 4.50. The average molecular weight is 341 g/mol. The molecule has 3 atom stereocenters. The van der Waals surface area contributed by atoms with Gasteiger partial charge in [0.1, 0.15) is 0 Å². The van der Waals surface area contributed by atoms with E-state index in [1.807, 2.05) is 18.2 Å². The molecule has 0 spiro atoms. The van der Waals surface area contributed by atoms with Gasteiger partial charge in [-0.1, -0.05) is 25.1 Å². The van der Waals surface area contributed by atoms with Crippen molar-refractivity contribution in [2.75, 3.05) is 0 Å². The highest BCUT2D eigenvalue weighted by Gasteiger charge is 2.34. The van der Waals surface area contributed by atoms with Crippen molar-refractivity contribution in [1.82, 2.24) is 10.6 Å². The van der Waals surface area contributed by atoms with Crippen LogP contribution in [-0.2, 0) is 4.79 Å². The normalized spacial score (nSPS) is 27.8. The number of carbonyl (C=O) groups is 1. The molecule has 2 N–H and O–H groups in total. The van der Waals surface area contributed by atoms with Gasteiger partial charge >= 0.3 is 0 Å². The standard InChI is InChI=1S/C17H24N2OS.ClH/c1-2-16(21-15-6-4-3-5-7-15)17(20)19-14-10-12-8-9-13(11-14)18-12;/h3-7,12-14,16,18H,2,8-11H2,1H3,(H,19,20);1H.